The van der Waals surface area contributed by atoms with E-state index >= 15 is 0 Å². The highest BCUT2D eigenvalue weighted by atomic mass is 15.1. The summed E-state index contributed by atoms with van der Waals surface area (Å²) in [5.74, 6) is 1.55. The van der Waals surface area contributed by atoms with E-state index in [0.29, 0.717) is 5.95 Å². The van der Waals surface area contributed by atoms with Crippen LogP contribution in [-0.2, 0) is 6.54 Å². The van der Waals surface area contributed by atoms with Crippen LogP contribution in [0.3, 0.4) is 0 Å². The Morgan fingerprint density at radius 1 is 1.04 bits per heavy atom. The molecule has 2 N–H and O–H groups in total. The first-order valence-corrected chi connectivity index (χ1v) is 8.07. The minimum Gasteiger partial charge on any atom is -0.370 e. The normalized spacial score (nSPS) is 10.8. The molecule has 2 rings (SSSR count). The highest BCUT2D eigenvalue weighted by Gasteiger charge is 2.03. The fraction of sp³-hybridized carbons (Fsp3) is 0.444. The molecule has 0 atom stereocenters. The first kappa shape index (κ1) is 17.2. The van der Waals surface area contributed by atoms with Crippen molar-refractivity contribution in [2.24, 2.45) is 0 Å². The van der Waals surface area contributed by atoms with Crippen LogP contribution in [-0.4, -0.2) is 42.1 Å². The number of nitrogens with one attached hydrogen (secondary N) is 2. The lowest BCUT2D eigenvalue weighted by Gasteiger charge is -2.12. The van der Waals surface area contributed by atoms with Crippen LogP contribution in [0.1, 0.15) is 23.2 Å². The number of aryl methyl sites for hydroxylation is 2. The van der Waals surface area contributed by atoms with Crippen molar-refractivity contribution in [2.45, 2.75) is 26.8 Å². The van der Waals surface area contributed by atoms with E-state index in [2.05, 4.69) is 70.8 Å². The van der Waals surface area contributed by atoms with Crippen LogP contribution in [0.5, 0.6) is 0 Å². The third-order valence-corrected chi connectivity index (χ3v) is 3.64. The molecule has 0 aliphatic carbocycles. The predicted octanol–water partition coefficient (Wildman–Crippen LogP) is 3.07. The monoisotopic (exact) mass is 313 g/mol. The van der Waals surface area contributed by atoms with Gasteiger partial charge in [-0.15, -0.1) is 0 Å². The summed E-state index contributed by atoms with van der Waals surface area (Å²) in [6.45, 7) is 6.81. The van der Waals surface area contributed by atoms with E-state index in [4.69, 9.17) is 0 Å². The number of benzene rings is 1. The molecular formula is C18H27N5. The molecule has 0 saturated heterocycles. The van der Waals surface area contributed by atoms with Gasteiger partial charge in [0.2, 0.25) is 5.95 Å². The molecule has 0 aliphatic heterocycles. The van der Waals surface area contributed by atoms with Crippen LogP contribution in [0.4, 0.5) is 11.8 Å². The standard InChI is InChI=1S/C18H27N5/c1-14-8-5-6-9-16(14)13-20-18-21-15(2)12-17(22-18)19-10-7-11-23(3)4/h5-6,8-9,12H,7,10-11,13H2,1-4H3,(H2,19,20,21,22). The first-order valence-electron chi connectivity index (χ1n) is 8.07. The number of hydrogen-bond acceptors (Lipinski definition) is 5. The molecule has 124 valence electrons. The highest BCUT2D eigenvalue weighted by molar-refractivity contribution is 5.42. The van der Waals surface area contributed by atoms with Gasteiger partial charge in [-0.2, -0.15) is 4.98 Å². The van der Waals surface area contributed by atoms with E-state index in [1.165, 1.54) is 11.1 Å². The van der Waals surface area contributed by atoms with Gasteiger partial charge in [-0.1, -0.05) is 24.3 Å². The van der Waals surface area contributed by atoms with Gasteiger partial charge in [0.05, 0.1) is 0 Å². The van der Waals surface area contributed by atoms with Crippen molar-refractivity contribution in [3.05, 3.63) is 47.2 Å². The topological polar surface area (TPSA) is 53.1 Å². The number of nitrogens with zero attached hydrogens (tertiary/aromatic N) is 3. The summed E-state index contributed by atoms with van der Waals surface area (Å²) < 4.78 is 0. The third-order valence-electron chi connectivity index (χ3n) is 3.64. The Morgan fingerprint density at radius 3 is 2.57 bits per heavy atom. The largest absolute Gasteiger partial charge is 0.370 e. The fourth-order valence-corrected chi connectivity index (χ4v) is 2.33. The van der Waals surface area contributed by atoms with Gasteiger partial charge in [0.15, 0.2) is 0 Å². The maximum atomic E-state index is 4.55. The molecule has 0 unspecified atom stereocenters. The second kappa shape index (κ2) is 8.48. The first-order chi connectivity index (χ1) is 11.0. The smallest absolute Gasteiger partial charge is 0.225 e. The second-order valence-electron chi connectivity index (χ2n) is 6.08. The third kappa shape index (κ3) is 5.87. The van der Waals surface area contributed by atoms with Gasteiger partial charge in [0, 0.05) is 24.8 Å². The highest BCUT2D eigenvalue weighted by Crippen LogP contribution is 2.12. The zero-order valence-corrected chi connectivity index (χ0v) is 14.6. The van der Waals surface area contributed by atoms with Crippen molar-refractivity contribution in [3.63, 3.8) is 0 Å². The average molecular weight is 313 g/mol. The summed E-state index contributed by atoms with van der Waals surface area (Å²) in [5, 5.41) is 6.69. The second-order valence-corrected chi connectivity index (χ2v) is 6.08. The van der Waals surface area contributed by atoms with Crippen LogP contribution in [0.15, 0.2) is 30.3 Å². The molecular weight excluding hydrogens is 286 g/mol. The van der Waals surface area contributed by atoms with Crippen molar-refractivity contribution >= 4 is 11.8 Å². The summed E-state index contributed by atoms with van der Waals surface area (Å²) >= 11 is 0. The molecule has 0 saturated carbocycles. The molecule has 23 heavy (non-hydrogen) atoms. The number of hydrogen-bond donors (Lipinski definition) is 2. The van der Waals surface area contributed by atoms with Crippen molar-refractivity contribution in [1.82, 2.24) is 14.9 Å². The molecule has 0 amide bonds. The van der Waals surface area contributed by atoms with Gasteiger partial charge >= 0.3 is 0 Å². The molecule has 2 aromatic rings. The average Bonchev–Trinajstić information content (AvgIpc) is 2.50. The Balaban J connectivity index is 1.93. The van der Waals surface area contributed by atoms with Gasteiger partial charge in [-0.3, -0.25) is 0 Å². The SMILES string of the molecule is Cc1cc(NCCCN(C)C)nc(NCc2ccccc2C)n1. The number of aromatic nitrogens is 2. The lowest BCUT2D eigenvalue weighted by molar-refractivity contribution is 0.405. The maximum Gasteiger partial charge on any atom is 0.225 e. The van der Waals surface area contributed by atoms with E-state index in [1.54, 1.807) is 0 Å². The summed E-state index contributed by atoms with van der Waals surface area (Å²) in [6, 6.07) is 10.3. The predicted molar refractivity (Wildman–Crippen MR) is 96.9 cm³/mol. The van der Waals surface area contributed by atoms with Crippen LogP contribution in [0, 0.1) is 13.8 Å². The van der Waals surface area contributed by atoms with E-state index in [0.717, 1.165) is 37.6 Å². The minimum absolute atomic E-state index is 0.670. The van der Waals surface area contributed by atoms with Crippen molar-refractivity contribution in [3.8, 4) is 0 Å². The van der Waals surface area contributed by atoms with Gasteiger partial charge in [0.1, 0.15) is 5.82 Å². The van der Waals surface area contributed by atoms with E-state index < -0.39 is 0 Å². The van der Waals surface area contributed by atoms with Crippen LogP contribution in [0.2, 0.25) is 0 Å². The Bertz CT molecular complexity index is 625. The van der Waals surface area contributed by atoms with Gasteiger partial charge in [0.25, 0.3) is 0 Å². The lowest BCUT2D eigenvalue weighted by Crippen LogP contribution is -2.17. The lowest BCUT2D eigenvalue weighted by atomic mass is 10.1. The summed E-state index contributed by atoms with van der Waals surface area (Å²) in [5.41, 5.74) is 3.50. The molecule has 5 heteroatoms. The van der Waals surface area contributed by atoms with Crippen molar-refractivity contribution < 1.29 is 0 Å². The molecule has 0 aliphatic rings. The Morgan fingerprint density at radius 2 is 1.83 bits per heavy atom. The summed E-state index contributed by atoms with van der Waals surface area (Å²) in [4.78, 5) is 11.2. The van der Waals surface area contributed by atoms with Gasteiger partial charge in [-0.05, 0) is 52.0 Å². The number of anilines is 2. The Hall–Kier alpha value is -2.14. The van der Waals surface area contributed by atoms with E-state index in [1.807, 2.05) is 13.0 Å². The summed E-state index contributed by atoms with van der Waals surface area (Å²) in [7, 11) is 4.17. The fourth-order valence-electron chi connectivity index (χ4n) is 2.33. The molecule has 0 spiro atoms. The minimum atomic E-state index is 0.670. The van der Waals surface area contributed by atoms with Crippen LogP contribution < -0.4 is 10.6 Å². The van der Waals surface area contributed by atoms with E-state index in [-0.39, 0.29) is 0 Å². The molecule has 0 bridgehead atoms. The molecule has 0 fully saturated rings. The molecule has 1 heterocycles. The van der Waals surface area contributed by atoms with Crippen LogP contribution in [0.25, 0.3) is 0 Å². The van der Waals surface area contributed by atoms with Crippen LogP contribution >= 0.6 is 0 Å². The van der Waals surface area contributed by atoms with E-state index in [9.17, 15) is 0 Å². The molecule has 1 aromatic heterocycles. The van der Waals surface area contributed by atoms with Crippen molar-refractivity contribution in [2.75, 3.05) is 37.8 Å². The zero-order valence-electron chi connectivity index (χ0n) is 14.6. The quantitative estimate of drug-likeness (QED) is 0.734. The zero-order chi connectivity index (χ0) is 16.7. The van der Waals surface area contributed by atoms with Gasteiger partial charge < -0.3 is 15.5 Å². The van der Waals surface area contributed by atoms with Crippen molar-refractivity contribution in [1.29, 1.82) is 0 Å². The Labute approximate surface area is 139 Å². The molecule has 1 aromatic carbocycles. The summed E-state index contributed by atoms with van der Waals surface area (Å²) in [6.07, 6.45) is 1.09. The Kier molecular flexibility index (Phi) is 6.35. The molecule has 5 nitrogen and oxygen atoms in total. The molecule has 0 radical (unpaired) electrons. The maximum absolute atomic E-state index is 4.55. The number of rotatable bonds is 8. The van der Waals surface area contributed by atoms with Gasteiger partial charge in [-0.25, -0.2) is 4.98 Å².